The Kier molecular flexibility index (Phi) is 5.73. The summed E-state index contributed by atoms with van der Waals surface area (Å²) in [6.07, 6.45) is 2.30. The lowest BCUT2D eigenvalue weighted by atomic mass is 10.0. The zero-order valence-corrected chi connectivity index (χ0v) is 14.6. The van der Waals surface area contributed by atoms with Crippen molar-refractivity contribution >= 4 is 29.0 Å². The number of ether oxygens (including phenoxy) is 1. The molecule has 1 unspecified atom stereocenters. The third kappa shape index (κ3) is 4.22. The van der Waals surface area contributed by atoms with Crippen LogP contribution in [0.4, 0.5) is 0 Å². The lowest BCUT2D eigenvalue weighted by Gasteiger charge is -2.40. The van der Waals surface area contributed by atoms with Gasteiger partial charge >= 0.3 is 0 Å². The van der Waals surface area contributed by atoms with E-state index in [1.807, 2.05) is 17.2 Å². The summed E-state index contributed by atoms with van der Waals surface area (Å²) in [7, 11) is 0. The number of aryl methyl sites for hydroxylation is 1. The van der Waals surface area contributed by atoms with Gasteiger partial charge in [-0.25, -0.2) is 4.98 Å². The number of aromatic nitrogens is 1. The summed E-state index contributed by atoms with van der Waals surface area (Å²) < 4.78 is 6.42. The molecule has 1 amide bonds. The second-order valence-corrected chi connectivity index (χ2v) is 7.91. The normalized spacial score (nSPS) is 23.7. The van der Waals surface area contributed by atoms with E-state index in [0.29, 0.717) is 11.8 Å². The number of morpholine rings is 1. The molecular formula is C15H23N3O2S2. The van der Waals surface area contributed by atoms with Crippen molar-refractivity contribution in [2.45, 2.75) is 30.1 Å². The van der Waals surface area contributed by atoms with E-state index in [2.05, 4.69) is 9.88 Å². The molecule has 22 heavy (non-hydrogen) atoms. The van der Waals surface area contributed by atoms with Crippen LogP contribution in [0.3, 0.4) is 0 Å². The van der Waals surface area contributed by atoms with Crippen LogP contribution in [0.1, 0.15) is 18.5 Å². The number of carbonyl (C=O) groups is 1. The van der Waals surface area contributed by atoms with Crippen LogP contribution in [0.5, 0.6) is 0 Å². The highest BCUT2D eigenvalue weighted by Crippen LogP contribution is 2.24. The van der Waals surface area contributed by atoms with Crippen LogP contribution in [0.2, 0.25) is 0 Å². The quantitative estimate of drug-likeness (QED) is 0.783. The summed E-state index contributed by atoms with van der Waals surface area (Å²) in [5.41, 5.74) is 1.03. The molecule has 0 aromatic carbocycles. The van der Waals surface area contributed by atoms with Crippen molar-refractivity contribution in [2.24, 2.45) is 0 Å². The molecule has 3 rings (SSSR count). The molecule has 1 atom stereocenters. The fraction of sp³-hybridized carbons (Fsp3) is 0.733. The fourth-order valence-electron chi connectivity index (χ4n) is 3.04. The van der Waals surface area contributed by atoms with E-state index < -0.39 is 0 Å². The molecule has 0 saturated carbocycles. The molecule has 1 aromatic rings. The summed E-state index contributed by atoms with van der Waals surface area (Å²) in [6, 6.07) is 0.508. The number of thiazole rings is 1. The van der Waals surface area contributed by atoms with E-state index in [0.717, 1.165) is 55.8 Å². The van der Waals surface area contributed by atoms with E-state index in [1.165, 1.54) is 6.42 Å². The third-order valence-corrected chi connectivity index (χ3v) is 6.35. The number of hydrogen-bond donors (Lipinski definition) is 0. The Morgan fingerprint density at radius 2 is 2.27 bits per heavy atom. The largest absolute Gasteiger partial charge is 0.379 e. The topological polar surface area (TPSA) is 45.7 Å². The summed E-state index contributed by atoms with van der Waals surface area (Å²) in [6.45, 7) is 7.40. The Labute approximate surface area is 140 Å². The van der Waals surface area contributed by atoms with Crippen molar-refractivity contribution < 1.29 is 9.53 Å². The van der Waals surface area contributed by atoms with Gasteiger partial charge in [0, 0.05) is 43.3 Å². The van der Waals surface area contributed by atoms with E-state index in [9.17, 15) is 4.79 Å². The molecule has 2 aliphatic heterocycles. The first-order valence-corrected chi connectivity index (χ1v) is 9.73. The zero-order valence-electron chi connectivity index (χ0n) is 13.0. The van der Waals surface area contributed by atoms with E-state index >= 15 is 0 Å². The van der Waals surface area contributed by atoms with Gasteiger partial charge in [-0.15, -0.1) is 11.3 Å². The molecule has 5 nitrogen and oxygen atoms in total. The second-order valence-electron chi connectivity index (χ2n) is 5.83. The predicted molar refractivity (Wildman–Crippen MR) is 89.6 cm³/mol. The molecule has 2 saturated heterocycles. The number of thioether (sulfide) groups is 1. The van der Waals surface area contributed by atoms with Crippen LogP contribution in [-0.4, -0.2) is 71.9 Å². The van der Waals surface area contributed by atoms with Gasteiger partial charge in [0.05, 0.1) is 19.0 Å². The Morgan fingerprint density at radius 3 is 3.00 bits per heavy atom. The lowest BCUT2D eigenvalue weighted by molar-refractivity contribution is -0.130. The van der Waals surface area contributed by atoms with Gasteiger partial charge in [0.15, 0.2) is 4.34 Å². The van der Waals surface area contributed by atoms with Crippen LogP contribution >= 0.6 is 23.1 Å². The minimum atomic E-state index is 0.246. The smallest absolute Gasteiger partial charge is 0.233 e. The first-order chi connectivity index (χ1) is 10.7. The third-order valence-electron chi connectivity index (χ3n) is 4.23. The van der Waals surface area contributed by atoms with Crippen LogP contribution < -0.4 is 0 Å². The molecule has 0 aliphatic carbocycles. The van der Waals surface area contributed by atoms with Gasteiger partial charge in [-0.05, 0) is 19.8 Å². The monoisotopic (exact) mass is 341 g/mol. The van der Waals surface area contributed by atoms with Gasteiger partial charge in [-0.2, -0.15) is 0 Å². The maximum Gasteiger partial charge on any atom is 0.233 e. The van der Waals surface area contributed by atoms with Crippen LogP contribution in [0.15, 0.2) is 9.72 Å². The highest BCUT2D eigenvalue weighted by atomic mass is 32.2. The van der Waals surface area contributed by atoms with Crippen LogP contribution in [0, 0.1) is 6.92 Å². The average Bonchev–Trinajstić information content (AvgIpc) is 2.99. The second kappa shape index (κ2) is 7.77. The molecule has 0 bridgehead atoms. The maximum atomic E-state index is 12.4. The van der Waals surface area contributed by atoms with Crippen molar-refractivity contribution in [3.63, 3.8) is 0 Å². The van der Waals surface area contributed by atoms with Gasteiger partial charge in [-0.3, -0.25) is 9.69 Å². The number of likely N-dealkylation sites (tertiary alicyclic amines) is 1. The molecule has 2 aliphatic rings. The van der Waals surface area contributed by atoms with Gasteiger partial charge < -0.3 is 9.64 Å². The SMILES string of the molecule is Cc1csc(SCC(=O)N2CCCC(N3CCOCC3)C2)n1. The summed E-state index contributed by atoms with van der Waals surface area (Å²) >= 11 is 3.18. The predicted octanol–water partition coefficient (Wildman–Crippen LogP) is 1.87. The molecule has 0 spiro atoms. The fourth-order valence-corrected chi connectivity index (χ4v) is 4.79. The summed E-state index contributed by atoms with van der Waals surface area (Å²) in [5, 5.41) is 2.03. The molecule has 1 aromatic heterocycles. The first-order valence-electron chi connectivity index (χ1n) is 7.87. The summed E-state index contributed by atoms with van der Waals surface area (Å²) in [5.74, 6) is 0.749. The number of nitrogens with zero attached hydrogens (tertiary/aromatic N) is 3. The molecule has 0 N–H and O–H groups in total. The first kappa shape index (κ1) is 16.2. The highest BCUT2D eigenvalue weighted by molar-refractivity contribution is 8.01. The number of amides is 1. The molecule has 2 fully saturated rings. The van der Waals surface area contributed by atoms with Gasteiger partial charge in [0.1, 0.15) is 0 Å². The highest BCUT2D eigenvalue weighted by Gasteiger charge is 2.28. The summed E-state index contributed by atoms with van der Waals surface area (Å²) in [4.78, 5) is 21.4. The molecule has 122 valence electrons. The average molecular weight is 342 g/mol. The molecule has 0 radical (unpaired) electrons. The minimum absolute atomic E-state index is 0.246. The van der Waals surface area contributed by atoms with E-state index in [-0.39, 0.29) is 5.91 Å². The number of hydrogen-bond acceptors (Lipinski definition) is 6. The Hall–Kier alpha value is -0.630. The van der Waals surface area contributed by atoms with E-state index in [4.69, 9.17) is 4.74 Å². The van der Waals surface area contributed by atoms with Crippen molar-refractivity contribution in [1.29, 1.82) is 0 Å². The molecule has 3 heterocycles. The standard InChI is InChI=1S/C15H23N3O2S2/c1-12-10-21-15(16-12)22-11-14(19)18-4-2-3-13(9-18)17-5-7-20-8-6-17/h10,13H,2-9,11H2,1H3. The molecule has 7 heteroatoms. The Morgan fingerprint density at radius 1 is 1.45 bits per heavy atom. The van der Waals surface area contributed by atoms with Crippen LogP contribution in [0.25, 0.3) is 0 Å². The van der Waals surface area contributed by atoms with Gasteiger partial charge in [0.2, 0.25) is 5.91 Å². The van der Waals surface area contributed by atoms with Gasteiger partial charge in [0.25, 0.3) is 0 Å². The molecular weight excluding hydrogens is 318 g/mol. The van der Waals surface area contributed by atoms with Crippen molar-refractivity contribution in [1.82, 2.24) is 14.8 Å². The number of carbonyl (C=O) groups excluding carboxylic acids is 1. The van der Waals surface area contributed by atoms with Crippen molar-refractivity contribution in [3.8, 4) is 0 Å². The minimum Gasteiger partial charge on any atom is -0.379 e. The Balaban J connectivity index is 1.49. The van der Waals surface area contributed by atoms with E-state index in [1.54, 1.807) is 23.1 Å². The van der Waals surface area contributed by atoms with Crippen LogP contribution in [-0.2, 0) is 9.53 Å². The Bertz CT molecular complexity index is 503. The zero-order chi connectivity index (χ0) is 15.4. The van der Waals surface area contributed by atoms with Crippen molar-refractivity contribution in [3.05, 3.63) is 11.1 Å². The lowest BCUT2D eigenvalue weighted by Crippen LogP contribution is -2.53. The van der Waals surface area contributed by atoms with Crippen molar-refractivity contribution in [2.75, 3.05) is 45.1 Å². The number of rotatable bonds is 4. The van der Waals surface area contributed by atoms with Gasteiger partial charge in [-0.1, -0.05) is 11.8 Å². The maximum absolute atomic E-state index is 12.4. The number of piperidine rings is 1.